The monoisotopic (exact) mass is 284 g/mol. The first-order valence-corrected chi connectivity index (χ1v) is 6.95. The highest BCUT2D eigenvalue weighted by atomic mass is 16.5. The van der Waals surface area contributed by atoms with Crippen molar-refractivity contribution >= 4 is 5.91 Å². The number of amides is 1. The van der Waals surface area contributed by atoms with Crippen molar-refractivity contribution < 1.29 is 9.53 Å². The number of carbonyl (C=O) groups is 1. The second-order valence-corrected chi connectivity index (χ2v) is 4.95. The van der Waals surface area contributed by atoms with Crippen LogP contribution < -0.4 is 4.74 Å². The standard InChI is InChI=1S/C17H20N2O2/c1-19(13-15-9-11-18-12-10-15)17(20)8-5-14-3-6-16(21-2)7-4-14/h3-4,6-7,9-12H,5,8,13H2,1-2H3. The second-order valence-electron chi connectivity index (χ2n) is 4.95. The summed E-state index contributed by atoms with van der Waals surface area (Å²) in [5, 5.41) is 0. The van der Waals surface area contributed by atoms with Crippen molar-refractivity contribution in [3.8, 4) is 5.75 Å². The highest BCUT2D eigenvalue weighted by molar-refractivity contribution is 5.76. The molecule has 0 fully saturated rings. The van der Waals surface area contributed by atoms with Gasteiger partial charge in [-0.25, -0.2) is 0 Å². The highest BCUT2D eigenvalue weighted by Crippen LogP contribution is 2.13. The maximum atomic E-state index is 12.1. The Labute approximate surface area is 125 Å². The third-order valence-electron chi connectivity index (χ3n) is 3.38. The summed E-state index contributed by atoms with van der Waals surface area (Å²) in [6, 6.07) is 11.7. The van der Waals surface area contributed by atoms with Crippen molar-refractivity contribution in [2.45, 2.75) is 19.4 Å². The van der Waals surface area contributed by atoms with Crippen LogP contribution >= 0.6 is 0 Å². The Morgan fingerprint density at radius 2 is 1.76 bits per heavy atom. The summed E-state index contributed by atoms with van der Waals surface area (Å²) in [5.41, 5.74) is 2.23. The third kappa shape index (κ3) is 4.60. The van der Waals surface area contributed by atoms with Crippen molar-refractivity contribution in [1.29, 1.82) is 0 Å². The Bertz CT molecular complexity index is 567. The Morgan fingerprint density at radius 1 is 1.10 bits per heavy atom. The SMILES string of the molecule is COc1ccc(CCC(=O)N(C)Cc2ccncc2)cc1. The van der Waals surface area contributed by atoms with Crippen LogP contribution in [0.25, 0.3) is 0 Å². The molecule has 21 heavy (non-hydrogen) atoms. The van der Waals surface area contributed by atoms with Gasteiger partial charge in [0.2, 0.25) is 5.91 Å². The molecule has 0 atom stereocenters. The molecule has 110 valence electrons. The van der Waals surface area contributed by atoms with Crippen molar-refractivity contribution in [3.05, 3.63) is 59.9 Å². The van der Waals surface area contributed by atoms with Crippen LogP contribution in [-0.2, 0) is 17.8 Å². The molecule has 4 nitrogen and oxygen atoms in total. The van der Waals surface area contributed by atoms with Gasteiger partial charge in [-0.1, -0.05) is 12.1 Å². The van der Waals surface area contributed by atoms with Crippen LogP contribution in [0.1, 0.15) is 17.5 Å². The number of aromatic nitrogens is 1. The van der Waals surface area contributed by atoms with Gasteiger partial charge in [0.15, 0.2) is 0 Å². The number of methoxy groups -OCH3 is 1. The van der Waals surface area contributed by atoms with Gasteiger partial charge in [0, 0.05) is 32.4 Å². The molecule has 0 saturated heterocycles. The summed E-state index contributed by atoms with van der Waals surface area (Å²) in [5.74, 6) is 0.975. The maximum Gasteiger partial charge on any atom is 0.222 e. The number of carbonyl (C=O) groups excluding carboxylic acids is 1. The summed E-state index contributed by atoms with van der Waals surface area (Å²) in [6.45, 7) is 0.615. The fourth-order valence-electron chi connectivity index (χ4n) is 2.08. The Balaban J connectivity index is 1.83. The lowest BCUT2D eigenvalue weighted by atomic mass is 10.1. The smallest absolute Gasteiger partial charge is 0.222 e. The predicted molar refractivity (Wildman–Crippen MR) is 82.0 cm³/mol. The summed E-state index contributed by atoms with van der Waals surface area (Å²) in [7, 11) is 3.48. The lowest BCUT2D eigenvalue weighted by molar-refractivity contribution is -0.130. The average molecular weight is 284 g/mol. The topological polar surface area (TPSA) is 42.4 Å². The van der Waals surface area contributed by atoms with Crippen LogP contribution in [-0.4, -0.2) is 29.9 Å². The molecule has 0 N–H and O–H groups in total. The maximum absolute atomic E-state index is 12.1. The first-order valence-electron chi connectivity index (χ1n) is 6.95. The molecule has 2 aromatic rings. The highest BCUT2D eigenvalue weighted by Gasteiger charge is 2.09. The van der Waals surface area contributed by atoms with E-state index in [1.165, 1.54) is 0 Å². The van der Waals surface area contributed by atoms with Gasteiger partial charge in [0.25, 0.3) is 0 Å². The number of benzene rings is 1. The quantitative estimate of drug-likeness (QED) is 0.819. The van der Waals surface area contributed by atoms with E-state index in [4.69, 9.17) is 4.74 Å². The van der Waals surface area contributed by atoms with Gasteiger partial charge in [0.05, 0.1) is 7.11 Å². The predicted octanol–water partition coefficient (Wildman–Crippen LogP) is 2.68. The van der Waals surface area contributed by atoms with E-state index in [1.54, 1.807) is 24.4 Å². The fraction of sp³-hybridized carbons (Fsp3) is 0.294. The van der Waals surface area contributed by atoms with Gasteiger partial charge in [0.1, 0.15) is 5.75 Å². The van der Waals surface area contributed by atoms with Crippen molar-refractivity contribution in [2.75, 3.05) is 14.2 Å². The number of ether oxygens (including phenoxy) is 1. The van der Waals surface area contributed by atoms with Gasteiger partial charge in [-0.15, -0.1) is 0 Å². The van der Waals surface area contributed by atoms with Crippen LogP contribution in [0.4, 0.5) is 0 Å². The molecule has 0 aliphatic rings. The van der Waals surface area contributed by atoms with Gasteiger partial charge < -0.3 is 9.64 Å². The van der Waals surface area contributed by atoms with E-state index in [-0.39, 0.29) is 5.91 Å². The molecule has 1 amide bonds. The first-order chi connectivity index (χ1) is 10.2. The first kappa shape index (κ1) is 15.0. The van der Waals surface area contributed by atoms with E-state index in [1.807, 2.05) is 43.4 Å². The zero-order valence-corrected chi connectivity index (χ0v) is 12.5. The Kier molecular flexibility index (Phi) is 5.32. The van der Waals surface area contributed by atoms with Crippen LogP contribution in [0.3, 0.4) is 0 Å². The number of hydrogen-bond donors (Lipinski definition) is 0. The lowest BCUT2D eigenvalue weighted by Crippen LogP contribution is -2.26. The minimum Gasteiger partial charge on any atom is -0.497 e. The van der Waals surface area contributed by atoms with Crippen LogP contribution in [0, 0.1) is 0 Å². The molecule has 0 saturated carbocycles. The number of hydrogen-bond acceptors (Lipinski definition) is 3. The molecule has 0 aliphatic heterocycles. The van der Waals surface area contributed by atoms with E-state index in [9.17, 15) is 4.79 Å². The zero-order chi connectivity index (χ0) is 15.1. The second kappa shape index (κ2) is 7.43. The summed E-state index contributed by atoms with van der Waals surface area (Å²) in [6.07, 6.45) is 4.73. The van der Waals surface area contributed by atoms with Gasteiger partial charge in [-0.3, -0.25) is 9.78 Å². The molecule has 2 rings (SSSR count). The Morgan fingerprint density at radius 3 is 2.38 bits per heavy atom. The number of rotatable bonds is 6. The molecule has 1 heterocycles. The summed E-state index contributed by atoms with van der Waals surface area (Å²) >= 11 is 0. The summed E-state index contributed by atoms with van der Waals surface area (Å²) < 4.78 is 5.12. The molecule has 1 aromatic heterocycles. The van der Waals surface area contributed by atoms with Crippen molar-refractivity contribution in [3.63, 3.8) is 0 Å². The average Bonchev–Trinajstić information content (AvgIpc) is 2.54. The minimum atomic E-state index is 0.141. The van der Waals surface area contributed by atoms with Gasteiger partial charge >= 0.3 is 0 Å². The molecule has 0 spiro atoms. The molecular weight excluding hydrogens is 264 g/mol. The molecule has 0 aliphatic carbocycles. The number of pyridine rings is 1. The molecule has 4 heteroatoms. The zero-order valence-electron chi connectivity index (χ0n) is 12.5. The number of aryl methyl sites for hydroxylation is 1. The normalized spacial score (nSPS) is 10.2. The molecular formula is C17H20N2O2. The van der Waals surface area contributed by atoms with E-state index >= 15 is 0 Å². The van der Waals surface area contributed by atoms with Crippen LogP contribution in [0.15, 0.2) is 48.8 Å². The van der Waals surface area contributed by atoms with Crippen LogP contribution in [0.2, 0.25) is 0 Å². The van der Waals surface area contributed by atoms with Crippen molar-refractivity contribution in [1.82, 2.24) is 9.88 Å². The molecule has 0 radical (unpaired) electrons. The van der Waals surface area contributed by atoms with Gasteiger partial charge in [-0.05, 0) is 41.8 Å². The van der Waals surface area contributed by atoms with E-state index < -0.39 is 0 Å². The van der Waals surface area contributed by atoms with E-state index in [0.717, 1.165) is 23.3 Å². The van der Waals surface area contributed by atoms with Crippen LogP contribution in [0.5, 0.6) is 5.75 Å². The third-order valence-corrected chi connectivity index (χ3v) is 3.38. The van der Waals surface area contributed by atoms with E-state index in [0.29, 0.717) is 13.0 Å². The van der Waals surface area contributed by atoms with E-state index in [2.05, 4.69) is 4.98 Å². The minimum absolute atomic E-state index is 0.141. The summed E-state index contributed by atoms with van der Waals surface area (Å²) in [4.78, 5) is 17.9. The van der Waals surface area contributed by atoms with Gasteiger partial charge in [-0.2, -0.15) is 0 Å². The van der Waals surface area contributed by atoms with Crippen molar-refractivity contribution in [2.24, 2.45) is 0 Å². The molecule has 1 aromatic carbocycles. The lowest BCUT2D eigenvalue weighted by Gasteiger charge is -2.17. The Hall–Kier alpha value is -2.36. The molecule has 0 bridgehead atoms. The largest absolute Gasteiger partial charge is 0.497 e. The number of nitrogens with zero attached hydrogens (tertiary/aromatic N) is 2. The molecule has 0 unspecified atom stereocenters. The fourth-order valence-corrected chi connectivity index (χ4v) is 2.08.